The smallest absolute Gasteiger partial charge is 0.314 e. The van der Waals surface area contributed by atoms with Gasteiger partial charge in [-0.1, -0.05) is 25.1 Å². The Balaban J connectivity index is 1.57. The Hall–Kier alpha value is -3.13. The SMILES string of the molecule is CCC(C(=O)OCc1nc2c(F)ccc(F)c2s1)c1cc2ccccc2[nH]c1=O. The maximum Gasteiger partial charge on any atom is 0.314 e. The van der Waals surface area contributed by atoms with Crippen LogP contribution in [-0.2, 0) is 16.1 Å². The summed E-state index contributed by atoms with van der Waals surface area (Å²) in [6.07, 6.45) is 0.364. The lowest BCUT2D eigenvalue weighted by molar-refractivity contribution is -0.146. The van der Waals surface area contributed by atoms with Crippen molar-refractivity contribution in [1.82, 2.24) is 9.97 Å². The van der Waals surface area contributed by atoms with Crippen molar-refractivity contribution in [2.45, 2.75) is 25.9 Å². The number of thiazole rings is 1. The number of carbonyl (C=O) groups excluding carboxylic acids is 1. The predicted octanol–water partition coefficient (Wildman–Crippen LogP) is 4.65. The van der Waals surface area contributed by atoms with Crippen LogP contribution < -0.4 is 5.56 Å². The molecule has 0 saturated heterocycles. The van der Waals surface area contributed by atoms with Crippen LogP contribution in [0, 0.1) is 11.6 Å². The van der Waals surface area contributed by atoms with Gasteiger partial charge in [0.2, 0.25) is 0 Å². The number of hydrogen-bond donors (Lipinski definition) is 1. The molecule has 0 aliphatic rings. The molecule has 4 rings (SSSR count). The lowest BCUT2D eigenvalue weighted by atomic mass is 9.96. The van der Waals surface area contributed by atoms with Gasteiger partial charge >= 0.3 is 5.97 Å². The van der Waals surface area contributed by atoms with E-state index in [1.54, 1.807) is 19.1 Å². The van der Waals surface area contributed by atoms with E-state index in [1.165, 1.54) is 0 Å². The van der Waals surface area contributed by atoms with Gasteiger partial charge in [-0.15, -0.1) is 11.3 Å². The summed E-state index contributed by atoms with van der Waals surface area (Å²) in [4.78, 5) is 31.9. The van der Waals surface area contributed by atoms with Gasteiger partial charge in [-0.3, -0.25) is 9.59 Å². The van der Waals surface area contributed by atoms with E-state index in [-0.39, 0.29) is 27.4 Å². The molecule has 148 valence electrons. The first-order valence-corrected chi connectivity index (χ1v) is 9.81. The number of benzene rings is 2. The molecule has 0 bridgehead atoms. The molecule has 1 atom stereocenters. The van der Waals surface area contributed by atoms with Gasteiger partial charge in [0.25, 0.3) is 5.56 Å². The number of aromatic amines is 1. The fourth-order valence-corrected chi connectivity index (χ4v) is 4.12. The fourth-order valence-electron chi connectivity index (χ4n) is 3.22. The van der Waals surface area contributed by atoms with Crippen LogP contribution >= 0.6 is 11.3 Å². The summed E-state index contributed by atoms with van der Waals surface area (Å²) >= 11 is 0.929. The highest BCUT2D eigenvalue weighted by Crippen LogP contribution is 2.28. The van der Waals surface area contributed by atoms with Crippen LogP contribution in [0.5, 0.6) is 0 Å². The molecule has 5 nitrogen and oxygen atoms in total. The third-order valence-electron chi connectivity index (χ3n) is 4.68. The van der Waals surface area contributed by atoms with Crippen LogP contribution in [0.1, 0.15) is 29.8 Å². The van der Waals surface area contributed by atoms with Crippen molar-refractivity contribution in [2.75, 3.05) is 0 Å². The topological polar surface area (TPSA) is 72.0 Å². The van der Waals surface area contributed by atoms with Crippen LogP contribution in [0.2, 0.25) is 0 Å². The Bertz CT molecular complexity index is 1240. The largest absolute Gasteiger partial charge is 0.458 e. The lowest BCUT2D eigenvalue weighted by Crippen LogP contribution is -2.23. The van der Waals surface area contributed by atoms with Crippen LogP contribution in [0.4, 0.5) is 8.78 Å². The molecule has 4 aromatic rings. The first-order chi connectivity index (χ1) is 14.0. The molecule has 0 saturated carbocycles. The number of pyridine rings is 1. The molecule has 2 heterocycles. The van der Waals surface area contributed by atoms with Crippen LogP contribution in [0.15, 0.2) is 47.3 Å². The quantitative estimate of drug-likeness (QED) is 0.483. The summed E-state index contributed by atoms with van der Waals surface area (Å²) in [5, 5.41) is 1.09. The molecule has 0 radical (unpaired) electrons. The van der Waals surface area contributed by atoms with E-state index < -0.39 is 23.5 Å². The number of ether oxygens (including phenoxy) is 1. The number of para-hydroxylation sites is 1. The van der Waals surface area contributed by atoms with Gasteiger partial charge < -0.3 is 9.72 Å². The zero-order chi connectivity index (χ0) is 20.5. The monoisotopic (exact) mass is 414 g/mol. The summed E-state index contributed by atoms with van der Waals surface area (Å²) in [5.74, 6) is -2.56. The predicted molar refractivity (Wildman–Crippen MR) is 107 cm³/mol. The summed E-state index contributed by atoms with van der Waals surface area (Å²) in [5.41, 5.74) is 0.566. The van der Waals surface area contributed by atoms with Gasteiger partial charge in [0.15, 0.2) is 5.82 Å². The van der Waals surface area contributed by atoms with Crippen molar-refractivity contribution < 1.29 is 18.3 Å². The molecule has 0 aliphatic carbocycles. The van der Waals surface area contributed by atoms with E-state index in [9.17, 15) is 18.4 Å². The van der Waals surface area contributed by atoms with Crippen LogP contribution in [-0.4, -0.2) is 15.9 Å². The molecule has 2 aromatic heterocycles. The zero-order valence-corrected chi connectivity index (χ0v) is 16.2. The standard InChI is InChI=1S/C21H16F2N2O3S/c1-2-12(13-9-11-5-3-4-6-16(11)24-20(13)26)21(27)28-10-17-25-18-14(22)7-8-15(23)19(18)29-17/h3-9,12H,2,10H2,1H3,(H,24,26). The van der Waals surface area contributed by atoms with E-state index in [1.807, 2.05) is 18.2 Å². The fraction of sp³-hybridized carbons (Fsp3) is 0.190. The molecular formula is C21H16F2N2O3S. The second-order valence-corrected chi connectivity index (χ2v) is 7.61. The highest BCUT2D eigenvalue weighted by atomic mass is 32.1. The average molecular weight is 414 g/mol. The first-order valence-electron chi connectivity index (χ1n) is 9.00. The number of aromatic nitrogens is 2. The number of halogens is 2. The number of esters is 1. The van der Waals surface area contributed by atoms with Gasteiger partial charge in [0, 0.05) is 11.1 Å². The van der Waals surface area contributed by atoms with E-state index in [0.717, 1.165) is 28.9 Å². The van der Waals surface area contributed by atoms with Crippen molar-refractivity contribution in [3.63, 3.8) is 0 Å². The van der Waals surface area contributed by atoms with E-state index in [0.29, 0.717) is 17.5 Å². The van der Waals surface area contributed by atoms with Crippen molar-refractivity contribution in [2.24, 2.45) is 0 Å². The molecule has 1 unspecified atom stereocenters. The van der Waals surface area contributed by atoms with E-state index in [4.69, 9.17) is 4.74 Å². The average Bonchev–Trinajstić information content (AvgIpc) is 3.16. The Labute approximate surface area is 168 Å². The van der Waals surface area contributed by atoms with Gasteiger partial charge in [0.1, 0.15) is 22.9 Å². The van der Waals surface area contributed by atoms with Crippen molar-refractivity contribution in [1.29, 1.82) is 0 Å². The third kappa shape index (κ3) is 3.63. The number of nitrogens with one attached hydrogen (secondary N) is 1. The Morgan fingerprint density at radius 2 is 1.97 bits per heavy atom. The summed E-state index contributed by atoms with van der Waals surface area (Å²) in [6, 6.07) is 11.0. The van der Waals surface area contributed by atoms with Gasteiger partial charge in [-0.25, -0.2) is 13.8 Å². The normalized spacial score (nSPS) is 12.4. The minimum absolute atomic E-state index is 0.0778. The summed E-state index contributed by atoms with van der Waals surface area (Å²) in [6.45, 7) is 1.56. The number of rotatable bonds is 5. The maximum absolute atomic E-state index is 13.8. The minimum atomic E-state index is -0.758. The molecule has 8 heteroatoms. The molecular weight excluding hydrogens is 398 g/mol. The second kappa shape index (κ2) is 7.71. The van der Waals surface area contributed by atoms with Crippen molar-refractivity contribution >= 4 is 38.4 Å². The molecule has 1 N–H and O–H groups in total. The highest BCUT2D eigenvalue weighted by molar-refractivity contribution is 7.18. The summed E-state index contributed by atoms with van der Waals surface area (Å²) < 4.78 is 33.0. The van der Waals surface area contributed by atoms with Gasteiger partial charge in [0.05, 0.1) is 10.6 Å². The van der Waals surface area contributed by atoms with Crippen LogP contribution in [0.3, 0.4) is 0 Å². The van der Waals surface area contributed by atoms with E-state index >= 15 is 0 Å². The molecule has 0 amide bonds. The molecule has 0 fully saturated rings. The number of hydrogen-bond acceptors (Lipinski definition) is 5. The molecule has 0 spiro atoms. The van der Waals surface area contributed by atoms with E-state index in [2.05, 4.69) is 9.97 Å². The summed E-state index contributed by atoms with van der Waals surface area (Å²) in [7, 11) is 0. The number of carbonyl (C=O) groups is 1. The lowest BCUT2D eigenvalue weighted by Gasteiger charge is -2.14. The van der Waals surface area contributed by atoms with Crippen LogP contribution in [0.25, 0.3) is 21.1 Å². The second-order valence-electron chi connectivity index (χ2n) is 6.52. The minimum Gasteiger partial charge on any atom is -0.458 e. The number of nitrogens with zero attached hydrogens (tertiary/aromatic N) is 1. The Morgan fingerprint density at radius 3 is 2.72 bits per heavy atom. The third-order valence-corrected chi connectivity index (χ3v) is 5.72. The molecule has 29 heavy (non-hydrogen) atoms. The first kappa shape index (κ1) is 19.2. The maximum atomic E-state index is 13.8. The zero-order valence-electron chi connectivity index (χ0n) is 15.4. The Kier molecular flexibility index (Phi) is 5.10. The van der Waals surface area contributed by atoms with Crippen molar-refractivity contribution in [3.05, 3.63) is 75.0 Å². The number of H-pyrrole nitrogens is 1. The molecule has 0 aliphatic heterocycles. The number of fused-ring (bicyclic) bond motifs is 2. The molecule has 2 aromatic carbocycles. The Morgan fingerprint density at radius 1 is 1.21 bits per heavy atom. The van der Waals surface area contributed by atoms with Gasteiger partial charge in [-0.05, 0) is 36.1 Å². The highest BCUT2D eigenvalue weighted by Gasteiger charge is 2.24. The van der Waals surface area contributed by atoms with Gasteiger partial charge in [-0.2, -0.15) is 0 Å². The van der Waals surface area contributed by atoms with Crippen molar-refractivity contribution in [3.8, 4) is 0 Å².